The average Bonchev–Trinajstić information content (AvgIpc) is 2.54. The van der Waals surface area contributed by atoms with Crippen LogP contribution in [0.2, 0.25) is 5.02 Å². The molecule has 2 heterocycles. The van der Waals surface area contributed by atoms with Crippen molar-refractivity contribution >= 4 is 57.5 Å². The van der Waals surface area contributed by atoms with Crippen molar-refractivity contribution < 1.29 is 0 Å². The number of aromatic nitrogens is 1. The average molecular weight is 465 g/mol. The molecule has 10 heteroatoms. The highest BCUT2D eigenvalue weighted by atomic mass is 127. The number of nitrogens with zero attached hydrogens (tertiary/aromatic N) is 4. The number of hydrogen-bond acceptors (Lipinski definition) is 8. The molecule has 0 aliphatic carbocycles. The number of aliphatic imine (C=N–C) groups is 1. The van der Waals surface area contributed by atoms with Crippen molar-refractivity contribution in [2.45, 2.75) is 6.04 Å². The Hall–Kier alpha value is -2.76. The van der Waals surface area contributed by atoms with E-state index in [1.807, 2.05) is 18.2 Å². The van der Waals surface area contributed by atoms with Gasteiger partial charge in [-0.1, -0.05) is 17.7 Å². The zero-order chi connectivity index (χ0) is 18.1. The largest absolute Gasteiger partial charge is 0.397 e. The van der Waals surface area contributed by atoms with Crippen LogP contribution in [0.25, 0.3) is 0 Å². The molecule has 0 bridgehead atoms. The number of benzene rings is 1. The van der Waals surface area contributed by atoms with E-state index in [9.17, 15) is 5.26 Å². The number of nitrogen functional groups attached to an aromatic ring is 2. The Morgan fingerprint density at radius 1 is 1.32 bits per heavy atom. The predicted octanol–water partition coefficient (Wildman–Crippen LogP) is 2.32. The van der Waals surface area contributed by atoms with E-state index < -0.39 is 6.04 Å². The lowest BCUT2D eigenvalue weighted by Crippen LogP contribution is -2.32. The number of pyridine rings is 1. The van der Waals surface area contributed by atoms with Crippen molar-refractivity contribution in [2.75, 3.05) is 16.8 Å². The third kappa shape index (κ3) is 2.99. The van der Waals surface area contributed by atoms with E-state index in [1.54, 1.807) is 12.3 Å². The van der Waals surface area contributed by atoms with Crippen LogP contribution in [0.5, 0.6) is 0 Å². The molecule has 1 aliphatic heterocycles. The second-order valence-corrected chi connectivity index (χ2v) is 6.72. The predicted molar refractivity (Wildman–Crippen MR) is 104 cm³/mol. The lowest BCUT2D eigenvalue weighted by molar-refractivity contribution is 0.846. The van der Waals surface area contributed by atoms with Gasteiger partial charge in [0, 0.05) is 19.7 Å². The van der Waals surface area contributed by atoms with Crippen molar-refractivity contribution in [3.8, 4) is 12.3 Å². The fraction of sp³-hybridized carbons (Fsp3) is 0.0667. The van der Waals surface area contributed by atoms with E-state index in [0.29, 0.717) is 22.0 Å². The van der Waals surface area contributed by atoms with Crippen molar-refractivity contribution in [2.24, 2.45) is 4.99 Å². The smallest absolute Gasteiger partial charge is 0.211 e. The maximum absolute atomic E-state index is 9.30. The molecule has 0 saturated carbocycles. The molecule has 0 fully saturated rings. The number of hydrogen-bond donors (Lipinski definition) is 4. The molecule has 1 aromatic carbocycles. The minimum Gasteiger partial charge on any atom is -0.397 e. The SMILES string of the molecule is N#CNC1=NC(c2ccc(I)cc2Cl)c2c(nc(N)c(C#N)c2N)N1. The van der Waals surface area contributed by atoms with Crippen LogP contribution in [0, 0.1) is 26.4 Å². The lowest BCUT2D eigenvalue weighted by atomic mass is 9.95. The minimum atomic E-state index is -0.642. The summed E-state index contributed by atoms with van der Waals surface area (Å²) in [4.78, 5) is 8.64. The van der Waals surface area contributed by atoms with E-state index in [0.717, 1.165) is 3.57 Å². The number of nitriles is 2. The number of nitrogens with one attached hydrogen (secondary N) is 2. The van der Waals surface area contributed by atoms with Crippen LogP contribution in [0.4, 0.5) is 17.3 Å². The molecule has 124 valence electrons. The Morgan fingerprint density at radius 3 is 2.72 bits per heavy atom. The Morgan fingerprint density at radius 2 is 2.08 bits per heavy atom. The van der Waals surface area contributed by atoms with Gasteiger partial charge in [0.25, 0.3) is 0 Å². The molecule has 0 radical (unpaired) electrons. The van der Waals surface area contributed by atoms with Gasteiger partial charge in [0.1, 0.15) is 29.3 Å². The third-order valence-electron chi connectivity index (χ3n) is 3.61. The number of anilines is 3. The number of rotatable bonds is 1. The summed E-state index contributed by atoms with van der Waals surface area (Å²) in [5.74, 6) is 0.504. The monoisotopic (exact) mass is 464 g/mol. The fourth-order valence-corrected chi connectivity index (χ4v) is 3.49. The third-order valence-corrected chi connectivity index (χ3v) is 4.61. The minimum absolute atomic E-state index is 0.00286. The first-order chi connectivity index (χ1) is 12.0. The van der Waals surface area contributed by atoms with E-state index in [4.69, 9.17) is 28.3 Å². The molecule has 1 atom stereocenters. The Labute approximate surface area is 161 Å². The Balaban J connectivity index is 2.28. The standard InChI is InChI=1S/C15H10ClIN8/c16-9-3-6(17)1-2-7(9)12-10-11(20)8(4-18)13(21)24-14(10)25-15(23-12)22-5-19/h1-3,12H,(H6,20,21,22,23,24,25). The van der Waals surface area contributed by atoms with Gasteiger partial charge in [-0.25, -0.2) is 9.98 Å². The van der Waals surface area contributed by atoms with Crippen LogP contribution >= 0.6 is 34.2 Å². The van der Waals surface area contributed by atoms with Gasteiger partial charge in [-0.15, -0.1) is 0 Å². The van der Waals surface area contributed by atoms with Gasteiger partial charge < -0.3 is 16.8 Å². The van der Waals surface area contributed by atoms with Gasteiger partial charge >= 0.3 is 0 Å². The maximum Gasteiger partial charge on any atom is 0.211 e. The van der Waals surface area contributed by atoms with Crippen molar-refractivity contribution in [1.29, 1.82) is 10.5 Å². The highest BCUT2D eigenvalue weighted by Gasteiger charge is 2.30. The van der Waals surface area contributed by atoms with Crippen LogP contribution in [0.3, 0.4) is 0 Å². The molecule has 25 heavy (non-hydrogen) atoms. The van der Waals surface area contributed by atoms with Gasteiger partial charge in [0.2, 0.25) is 5.96 Å². The normalized spacial score (nSPS) is 15.2. The lowest BCUT2D eigenvalue weighted by Gasteiger charge is -2.26. The topological polar surface area (TPSA) is 149 Å². The van der Waals surface area contributed by atoms with Crippen LogP contribution < -0.4 is 22.1 Å². The summed E-state index contributed by atoms with van der Waals surface area (Å²) in [7, 11) is 0. The number of halogens is 2. The molecule has 0 saturated heterocycles. The molecular formula is C15H10ClIN8. The summed E-state index contributed by atoms with van der Waals surface area (Å²) < 4.78 is 0.959. The van der Waals surface area contributed by atoms with Gasteiger partial charge in [-0.3, -0.25) is 5.32 Å². The number of guanidine groups is 1. The van der Waals surface area contributed by atoms with E-state index in [1.165, 1.54) is 0 Å². The quantitative estimate of drug-likeness (QED) is 0.287. The van der Waals surface area contributed by atoms with E-state index in [2.05, 4.69) is 43.2 Å². The van der Waals surface area contributed by atoms with E-state index >= 15 is 0 Å². The Bertz CT molecular complexity index is 988. The van der Waals surface area contributed by atoms with Crippen molar-refractivity contribution in [3.63, 3.8) is 0 Å². The second-order valence-electron chi connectivity index (χ2n) is 5.07. The molecule has 1 unspecified atom stereocenters. The van der Waals surface area contributed by atoms with Crippen LogP contribution in [-0.2, 0) is 0 Å². The molecule has 2 aromatic rings. The summed E-state index contributed by atoms with van der Waals surface area (Å²) in [5, 5.41) is 24.0. The van der Waals surface area contributed by atoms with Gasteiger partial charge in [-0.05, 0) is 34.7 Å². The first-order valence-corrected chi connectivity index (χ1v) is 8.35. The summed E-state index contributed by atoms with van der Waals surface area (Å²) in [6.07, 6.45) is 1.80. The summed E-state index contributed by atoms with van der Waals surface area (Å²) in [6, 6.07) is 6.80. The molecular weight excluding hydrogens is 455 g/mol. The number of fused-ring (bicyclic) bond motifs is 1. The first kappa shape index (κ1) is 17.1. The maximum atomic E-state index is 9.30. The molecule has 6 N–H and O–H groups in total. The van der Waals surface area contributed by atoms with Crippen LogP contribution in [0.15, 0.2) is 23.2 Å². The fourth-order valence-electron chi connectivity index (χ4n) is 2.53. The summed E-state index contributed by atoms with van der Waals surface area (Å²) >= 11 is 8.53. The summed E-state index contributed by atoms with van der Waals surface area (Å²) in [5.41, 5.74) is 13.4. The van der Waals surface area contributed by atoms with Gasteiger partial charge in [0.15, 0.2) is 6.19 Å². The van der Waals surface area contributed by atoms with Crippen LogP contribution in [0.1, 0.15) is 22.7 Å². The highest BCUT2D eigenvalue weighted by molar-refractivity contribution is 14.1. The zero-order valence-corrected chi connectivity index (χ0v) is 15.4. The van der Waals surface area contributed by atoms with Crippen molar-refractivity contribution in [1.82, 2.24) is 10.3 Å². The molecule has 0 amide bonds. The molecule has 1 aliphatic rings. The summed E-state index contributed by atoms with van der Waals surface area (Å²) in [6.45, 7) is 0. The highest BCUT2D eigenvalue weighted by Crippen LogP contribution is 2.42. The first-order valence-electron chi connectivity index (χ1n) is 6.90. The van der Waals surface area contributed by atoms with Crippen LogP contribution in [-0.4, -0.2) is 10.9 Å². The Kier molecular flexibility index (Phi) is 4.53. The van der Waals surface area contributed by atoms with Gasteiger partial charge in [0.05, 0.1) is 5.69 Å². The van der Waals surface area contributed by atoms with E-state index in [-0.39, 0.29) is 23.0 Å². The molecule has 8 nitrogen and oxygen atoms in total. The molecule has 0 spiro atoms. The van der Waals surface area contributed by atoms with Gasteiger partial charge in [-0.2, -0.15) is 10.5 Å². The second kappa shape index (κ2) is 6.63. The molecule has 3 rings (SSSR count). The zero-order valence-electron chi connectivity index (χ0n) is 12.5. The molecule has 1 aromatic heterocycles. The van der Waals surface area contributed by atoms with Crippen molar-refractivity contribution in [3.05, 3.63) is 43.5 Å². The number of nitrogens with two attached hydrogens (primary N) is 2.